The lowest BCUT2D eigenvalue weighted by atomic mass is 9.44. The normalized spacial score (nSPS) is 36.6. The third-order valence-corrected chi connectivity index (χ3v) is 16.9. The van der Waals surface area contributed by atoms with Crippen LogP contribution in [-0.4, -0.2) is 97.0 Å². The molecule has 3 N–H and O–H groups in total. The maximum atomic E-state index is 15.5. The van der Waals surface area contributed by atoms with E-state index in [-0.39, 0.29) is 30.6 Å². The maximum Gasteiger partial charge on any atom is 0.378 e. The van der Waals surface area contributed by atoms with Crippen LogP contribution in [0.15, 0.2) is 71.8 Å². The highest BCUT2D eigenvalue weighted by molar-refractivity contribution is 6.83. The van der Waals surface area contributed by atoms with Crippen molar-refractivity contribution in [3.05, 3.63) is 77.4 Å². The molecule has 3 fully saturated rings. The Morgan fingerprint density at radius 1 is 0.981 bits per heavy atom. The zero-order chi connectivity index (χ0) is 38.2. The number of benzene rings is 2. The number of carbonyl (C=O) groups excluding carboxylic acids is 3. The molecule has 1 saturated heterocycles. The number of aliphatic hydroxyl groups is 3. The number of aliphatic hydroxyl groups excluding tert-OH is 2. The first-order valence-corrected chi connectivity index (χ1v) is 19.7. The molecule has 12 heteroatoms. The van der Waals surface area contributed by atoms with E-state index >= 15 is 4.79 Å². The van der Waals surface area contributed by atoms with Crippen molar-refractivity contribution in [2.45, 2.75) is 115 Å². The molecule has 2 bridgehead atoms. The van der Waals surface area contributed by atoms with Gasteiger partial charge in [-0.1, -0.05) is 83.1 Å². The highest BCUT2D eigenvalue weighted by Gasteiger charge is 2.78. The van der Waals surface area contributed by atoms with Gasteiger partial charge in [-0.05, 0) is 42.3 Å². The van der Waals surface area contributed by atoms with E-state index in [0.717, 1.165) is 5.19 Å². The van der Waals surface area contributed by atoms with Gasteiger partial charge in [-0.15, -0.1) is 0 Å². The summed E-state index contributed by atoms with van der Waals surface area (Å²) in [5.41, 5.74) is -6.25. The summed E-state index contributed by atoms with van der Waals surface area (Å²) in [6.07, 6.45) is -6.84. The van der Waals surface area contributed by atoms with Gasteiger partial charge in [0, 0.05) is 37.3 Å². The molecule has 0 spiro atoms. The fourth-order valence-electron chi connectivity index (χ4n) is 9.82. The standard InChI is InChI=1S/C40H52O11Si/c1-23-27(42)21-40(46)34(49-35(45)25-16-12-10-13-17-25)32-38(8,33(44)31(43)30(23)37(40,6)7)28(20-29-39(32,22-48-29)50-24(2)41)51-52(47-9,36(3,4)5)26-18-14-11-15-19-26/h10-19,27-29,31-32,34,42-43,46H,20-22H2,1-9H3/t27-,28-,29+,31+,32?,34?,38+,39-,40+,52?/m0/s1. The third-order valence-electron chi connectivity index (χ3n) is 12.6. The number of rotatable bonds is 7. The van der Waals surface area contributed by atoms with Crippen molar-refractivity contribution in [1.82, 2.24) is 0 Å². The van der Waals surface area contributed by atoms with Gasteiger partial charge in [0.1, 0.15) is 23.9 Å². The first-order valence-electron chi connectivity index (χ1n) is 17.9. The lowest BCUT2D eigenvalue weighted by Crippen LogP contribution is -2.82. The van der Waals surface area contributed by atoms with Gasteiger partial charge in [-0.25, -0.2) is 4.79 Å². The second kappa shape index (κ2) is 13.0. The molecule has 1 heterocycles. The smallest absolute Gasteiger partial charge is 0.378 e. The molecule has 0 amide bonds. The molecular formula is C40H52O11Si. The number of carbonyl (C=O) groups is 3. The topological polar surface area (TPSA) is 158 Å². The third kappa shape index (κ3) is 5.39. The summed E-state index contributed by atoms with van der Waals surface area (Å²) >= 11 is 0. The predicted octanol–water partition coefficient (Wildman–Crippen LogP) is 3.90. The average molecular weight is 737 g/mol. The molecule has 10 atom stereocenters. The van der Waals surface area contributed by atoms with Crippen molar-refractivity contribution in [3.63, 3.8) is 0 Å². The Kier molecular flexibility index (Phi) is 9.60. The van der Waals surface area contributed by atoms with E-state index in [4.69, 9.17) is 23.1 Å². The largest absolute Gasteiger partial charge is 0.455 e. The number of fused-ring (bicyclic) bond motifs is 5. The van der Waals surface area contributed by atoms with Crippen LogP contribution in [0.1, 0.15) is 78.6 Å². The van der Waals surface area contributed by atoms with Gasteiger partial charge in [0.25, 0.3) is 0 Å². The fraction of sp³-hybridized carbons (Fsp3) is 0.575. The molecule has 52 heavy (non-hydrogen) atoms. The molecule has 0 aromatic heterocycles. The molecule has 1 aliphatic heterocycles. The van der Waals surface area contributed by atoms with E-state index in [1.54, 1.807) is 65.1 Å². The number of ketones is 1. The Labute approximate surface area is 306 Å². The van der Waals surface area contributed by atoms with Gasteiger partial charge in [0.05, 0.1) is 35.7 Å². The predicted molar refractivity (Wildman–Crippen MR) is 193 cm³/mol. The average Bonchev–Trinajstić information content (AvgIpc) is 3.08. The second-order valence-electron chi connectivity index (χ2n) is 16.7. The van der Waals surface area contributed by atoms with Crippen LogP contribution < -0.4 is 5.19 Å². The van der Waals surface area contributed by atoms with Crippen molar-refractivity contribution in [1.29, 1.82) is 0 Å². The van der Waals surface area contributed by atoms with Crippen molar-refractivity contribution in [3.8, 4) is 0 Å². The summed E-state index contributed by atoms with van der Waals surface area (Å²) in [7, 11) is -1.96. The van der Waals surface area contributed by atoms with Gasteiger partial charge < -0.3 is 38.4 Å². The quantitative estimate of drug-likeness (QED) is 0.215. The molecule has 2 saturated carbocycles. The van der Waals surface area contributed by atoms with Crippen molar-refractivity contribution in [2.75, 3.05) is 13.7 Å². The maximum absolute atomic E-state index is 15.5. The van der Waals surface area contributed by atoms with Gasteiger partial charge >= 0.3 is 20.5 Å². The van der Waals surface area contributed by atoms with Gasteiger partial charge in [0.15, 0.2) is 11.4 Å². The van der Waals surface area contributed by atoms with E-state index in [1.807, 2.05) is 51.1 Å². The number of hydrogen-bond donors (Lipinski definition) is 3. The minimum Gasteiger partial charge on any atom is -0.455 e. The molecule has 282 valence electrons. The summed E-state index contributed by atoms with van der Waals surface area (Å²) in [4.78, 5) is 42.7. The number of Topliss-reactive ketones (excluding diaryl/α,β-unsaturated/α-hetero) is 1. The molecule has 11 nitrogen and oxygen atoms in total. The fourth-order valence-corrected chi connectivity index (χ4v) is 13.5. The van der Waals surface area contributed by atoms with Crippen LogP contribution in [0.25, 0.3) is 0 Å². The zero-order valence-electron chi connectivity index (χ0n) is 31.5. The SMILES string of the molecule is CO[Si](O[C@H]1C[C@H]2OC[C@@]2(OC(C)=O)C2C(OC(=O)c3ccccc3)[C@]3(O)C[C@H](O)C(C)=C([C@@H](O)C(=O)[C@@]21C)C3(C)C)(c1ccccc1)C(C)(C)C. The van der Waals surface area contributed by atoms with Crippen molar-refractivity contribution in [2.24, 2.45) is 16.7 Å². The van der Waals surface area contributed by atoms with Crippen LogP contribution in [0.2, 0.25) is 5.04 Å². The lowest BCUT2D eigenvalue weighted by Gasteiger charge is -2.68. The molecule has 2 aromatic rings. The Balaban J connectivity index is 1.67. The Bertz CT molecular complexity index is 1760. The molecule has 3 aliphatic carbocycles. The monoisotopic (exact) mass is 736 g/mol. The van der Waals surface area contributed by atoms with Crippen LogP contribution in [0.5, 0.6) is 0 Å². The van der Waals surface area contributed by atoms with Crippen molar-refractivity contribution >= 4 is 31.5 Å². The minimum atomic E-state index is -3.55. The van der Waals surface area contributed by atoms with E-state index in [1.165, 1.54) is 6.92 Å². The second-order valence-corrected chi connectivity index (χ2v) is 20.7. The van der Waals surface area contributed by atoms with Crippen LogP contribution in [0.3, 0.4) is 0 Å². The first-order chi connectivity index (χ1) is 24.2. The minimum absolute atomic E-state index is 0.0571. The summed E-state index contributed by atoms with van der Waals surface area (Å²) < 4.78 is 32.6. The van der Waals surface area contributed by atoms with Crippen molar-refractivity contribution < 1.29 is 52.8 Å². The highest BCUT2D eigenvalue weighted by atomic mass is 28.4. The molecular weight excluding hydrogens is 685 g/mol. The van der Waals surface area contributed by atoms with E-state index in [2.05, 4.69) is 0 Å². The van der Waals surface area contributed by atoms with Crippen LogP contribution in [0.4, 0.5) is 0 Å². The highest BCUT2D eigenvalue weighted by Crippen LogP contribution is 2.65. The summed E-state index contributed by atoms with van der Waals surface area (Å²) in [6.45, 7) is 13.7. The molecule has 6 rings (SSSR count). The van der Waals surface area contributed by atoms with Crippen LogP contribution in [0, 0.1) is 16.7 Å². The van der Waals surface area contributed by atoms with Crippen LogP contribution >= 0.6 is 0 Å². The van der Waals surface area contributed by atoms with Gasteiger partial charge in [0.2, 0.25) is 0 Å². The zero-order valence-corrected chi connectivity index (χ0v) is 32.5. The molecule has 0 radical (unpaired) electrons. The molecule has 3 unspecified atom stereocenters. The van der Waals surface area contributed by atoms with E-state index < -0.39 is 89.8 Å². The lowest BCUT2D eigenvalue weighted by molar-refractivity contribution is -0.345. The van der Waals surface area contributed by atoms with Gasteiger partial charge in [-0.3, -0.25) is 9.59 Å². The van der Waals surface area contributed by atoms with Gasteiger partial charge in [-0.2, -0.15) is 0 Å². The summed E-state index contributed by atoms with van der Waals surface area (Å²) in [5.74, 6) is -3.46. The molecule has 4 aliphatic rings. The Hall–Kier alpha value is -3.23. The number of hydrogen-bond acceptors (Lipinski definition) is 11. The molecule has 2 aromatic carbocycles. The van der Waals surface area contributed by atoms with Crippen LogP contribution in [-0.2, 0) is 32.7 Å². The summed E-state index contributed by atoms with van der Waals surface area (Å²) in [6, 6.07) is 17.8. The number of esters is 2. The first kappa shape index (κ1) is 38.5. The van der Waals surface area contributed by atoms with E-state index in [0.29, 0.717) is 5.57 Å². The Morgan fingerprint density at radius 3 is 2.10 bits per heavy atom. The Morgan fingerprint density at radius 2 is 1.58 bits per heavy atom. The number of ether oxygens (including phenoxy) is 3. The van der Waals surface area contributed by atoms with E-state index in [9.17, 15) is 24.9 Å². The summed E-state index contributed by atoms with van der Waals surface area (Å²) in [5, 5.41) is 37.3.